The summed E-state index contributed by atoms with van der Waals surface area (Å²) >= 11 is 5.77. The number of nitrogens with one attached hydrogen (secondary N) is 1. The Balaban J connectivity index is 2.03. The smallest absolute Gasteiger partial charge is 0.240 e. The average Bonchev–Trinajstić information content (AvgIpc) is 2.72. The van der Waals surface area contributed by atoms with E-state index in [1.807, 2.05) is 0 Å². The van der Waals surface area contributed by atoms with Gasteiger partial charge < -0.3 is 5.11 Å². The molecule has 1 aliphatic carbocycles. The van der Waals surface area contributed by atoms with E-state index in [0.717, 1.165) is 19.3 Å². The van der Waals surface area contributed by atoms with Crippen LogP contribution in [0.25, 0.3) is 0 Å². The van der Waals surface area contributed by atoms with Crippen molar-refractivity contribution in [1.82, 2.24) is 4.72 Å². The van der Waals surface area contributed by atoms with E-state index in [9.17, 15) is 13.5 Å². The Labute approximate surface area is 112 Å². The SMILES string of the molecule is O=S(=O)(NCC1CCCC1O)c1cccc(Cl)c1. The summed E-state index contributed by atoms with van der Waals surface area (Å²) in [5.74, 6) is 0.0129. The molecular formula is C12H16ClNO3S. The van der Waals surface area contributed by atoms with E-state index in [4.69, 9.17) is 11.6 Å². The highest BCUT2D eigenvalue weighted by molar-refractivity contribution is 7.89. The van der Waals surface area contributed by atoms with E-state index in [1.54, 1.807) is 12.1 Å². The van der Waals surface area contributed by atoms with Gasteiger partial charge >= 0.3 is 0 Å². The molecule has 4 nitrogen and oxygen atoms in total. The van der Waals surface area contributed by atoms with Gasteiger partial charge in [-0.2, -0.15) is 0 Å². The maximum absolute atomic E-state index is 12.0. The maximum atomic E-state index is 12.0. The Kier molecular flexibility index (Phi) is 4.27. The molecule has 0 spiro atoms. The van der Waals surface area contributed by atoms with Crippen molar-refractivity contribution in [3.8, 4) is 0 Å². The largest absolute Gasteiger partial charge is 0.393 e. The average molecular weight is 290 g/mol. The van der Waals surface area contributed by atoms with Crippen LogP contribution < -0.4 is 4.72 Å². The summed E-state index contributed by atoms with van der Waals surface area (Å²) in [6, 6.07) is 6.14. The molecule has 6 heteroatoms. The molecule has 0 heterocycles. The number of sulfonamides is 1. The lowest BCUT2D eigenvalue weighted by Gasteiger charge is -2.15. The Bertz CT molecular complexity index is 518. The van der Waals surface area contributed by atoms with Gasteiger partial charge in [-0.05, 0) is 37.0 Å². The summed E-state index contributed by atoms with van der Waals surface area (Å²) in [5, 5.41) is 10.0. The number of aliphatic hydroxyl groups excluding tert-OH is 1. The first-order valence-corrected chi connectivity index (χ1v) is 7.78. The van der Waals surface area contributed by atoms with Crippen molar-refractivity contribution in [2.75, 3.05) is 6.54 Å². The Morgan fingerprint density at radius 3 is 2.78 bits per heavy atom. The third-order valence-corrected chi connectivity index (χ3v) is 4.92. The minimum atomic E-state index is -3.54. The predicted octanol–water partition coefficient (Wildman–Crippen LogP) is 1.78. The molecule has 0 radical (unpaired) electrons. The first-order chi connectivity index (χ1) is 8.49. The molecule has 2 unspecified atom stereocenters. The van der Waals surface area contributed by atoms with Crippen LogP contribution in [0.1, 0.15) is 19.3 Å². The molecule has 0 saturated heterocycles. The summed E-state index contributed by atoms with van der Waals surface area (Å²) < 4.78 is 26.5. The lowest BCUT2D eigenvalue weighted by atomic mass is 10.1. The van der Waals surface area contributed by atoms with Crippen LogP contribution in [0.15, 0.2) is 29.2 Å². The van der Waals surface area contributed by atoms with Crippen LogP contribution in [0.5, 0.6) is 0 Å². The molecule has 18 heavy (non-hydrogen) atoms. The van der Waals surface area contributed by atoms with Gasteiger partial charge in [-0.15, -0.1) is 0 Å². The molecule has 0 aromatic heterocycles. The van der Waals surface area contributed by atoms with Gasteiger partial charge in [-0.3, -0.25) is 0 Å². The molecule has 0 bridgehead atoms. The van der Waals surface area contributed by atoms with E-state index < -0.39 is 16.1 Å². The Morgan fingerprint density at radius 2 is 2.17 bits per heavy atom. The standard InChI is InChI=1S/C12H16ClNO3S/c13-10-4-2-5-11(7-10)18(16,17)14-8-9-3-1-6-12(9)15/h2,4-5,7,9,12,14-15H,1,3,6,8H2. The number of aliphatic hydroxyl groups is 1. The van der Waals surface area contributed by atoms with Crippen molar-refractivity contribution in [2.45, 2.75) is 30.3 Å². The Morgan fingerprint density at radius 1 is 1.39 bits per heavy atom. The molecule has 0 amide bonds. The third kappa shape index (κ3) is 3.23. The monoisotopic (exact) mass is 289 g/mol. The summed E-state index contributed by atoms with van der Waals surface area (Å²) in [5.41, 5.74) is 0. The van der Waals surface area contributed by atoms with Crippen molar-refractivity contribution in [3.05, 3.63) is 29.3 Å². The quantitative estimate of drug-likeness (QED) is 0.888. The number of hydrogen-bond acceptors (Lipinski definition) is 3. The molecule has 1 fully saturated rings. The second-order valence-electron chi connectivity index (χ2n) is 4.57. The van der Waals surface area contributed by atoms with Crippen LogP contribution in [0, 0.1) is 5.92 Å². The Hall–Kier alpha value is -0.620. The predicted molar refractivity (Wildman–Crippen MR) is 70.0 cm³/mol. The van der Waals surface area contributed by atoms with Crippen LogP contribution in [0.3, 0.4) is 0 Å². The lowest BCUT2D eigenvalue weighted by molar-refractivity contribution is 0.134. The number of hydrogen-bond donors (Lipinski definition) is 2. The van der Waals surface area contributed by atoms with Crippen molar-refractivity contribution >= 4 is 21.6 Å². The molecule has 0 aliphatic heterocycles. The summed E-state index contributed by atoms with van der Waals surface area (Å²) in [7, 11) is -3.54. The second kappa shape index (κ2) is 5.57. The molecule has 1 aliphatic rings. The highest BCUT2D eigenvalue weighted by Crippen LogP contribution is 2.25. The van der Waals surface area contributed by atoms with E-state index in [-0.39, 0.29) is 17.4 Å². The number of rotatable bonds is 4. The second-order valence-corrected chi connectivity index (χ2v) is 6.77. The van der Waals surface area contributed by atoms with Gasteiger partial charge in [0.05, 0.1) is 11.0 Å². The topological polar surface area (TPSA) is 66.4 Å². The molecule has 1 saturated carbocycles. The minimum Gasteiger partial charge on any atom is -0.393 e. The van der Waals surface area contributed by atoms with Crippen molar-refractivity contribution in [3.63, 3.8) is 0 Å². The van der Waals surface area contributed by atoms with Gasteiger partial charge in [0.15, 0.2) is 0 Å². The van der Waals surface area contributed by atoms with Crippen molar-refractivity contribution < 1.29 is 13.5 Å². The third-order valence-electron chi connectivity index (χ3n) is 3.26. The molecule has 2 rings (SSSR count). The van der Waals surface area contributed by atoms with Crippen molar-refractivity contribution in [1.29, 1.82) is 0 Å². The highest BCUT2D eigenvalue weighted by atomic mass is 35.5. The van der Waals surface area contributed by atoms with Gasteiger partial charge in [0.2, 0.25) is 10.0 Å². The normalized spacial score (nSPS) is 24.3. The molecule has 1 aromatic carbocycles. The van der Waals surface area contributed by atoms with Crippen molar-refractivity contribution in [2.24, 2.45) is 5.92 Å². The fourth-order valence-corrected chi connectivity index (χ4v) is 3.58. The summed E-state index contributed by atoms with van der Waals surface area (Å²) in [6.07, 6.45) is 2.17. The fraction of sp³-hybridized carbons (Fsp3) is 0.500. The zero-order chi connectivity index (χ0) is 13.2. The van der Waals surface area contributed by atoms with Gasteiger partial charge in [-0.25, -0.2) is 13.1 Å². The summed E-state index contributed by atoms with van der Waals surface area (Å²) in [6.45, 7) is 0.274. The van der Waals surface area contributed by atoms with Crippen LogP contribution in [-0.4, -0.2) is 26.2 Å². The zero-order valence-electron chi connectivity index (χ0n) is 9.84. The molecule has 2 atom stereocenters. The zero-order valence-corrected chi connectivity index (χ0v) is 11.4. The van der Waals surface area contributed by atoms with Gasteiger partial charge in [0.25, 0.3) is 0 Å². The van der Waals surface area contributed by atoms with Crippen LogP contribution in [0.4, 0.5) is 0 Å². The van der Waals surface area contributed by atoms with Gasteiger partial charge in [-0.1, -0.05) is 24.1 Å². The number of benzene rings is 1. The molecular weight excluding hydrogens is 274 g/mol. The first kappa shape index (κ1) is 13.8. The maximum Gasteiger partial charge on any atom is 0.240 e. The highest BCUT2D eigenvalue weighted by Gasteiger charge is 2.26. The van der Waals surface area contributed by atoms with Gasteiger partial charge in [0, 0.05) is 11.6 Å². The first-order valence-electron chi connectivity index (χ1n) is 5.92. The van der Waals surface area contributed by atoms with E-state index in [1.165, 1.54) is 12.1 Å². The molecule has 2 N–H and O–H groups in total. The summed E-state index contributed by atoms with van der Waals surface area (Å²) in [4.78, 5) is 0.155. The van der Waals surface area contributed by atoms with E-state index in [0.29, 0.717) is 5.02 Å². The molecule has 100 valence electrons. The van der Waals surface area contributed by atoms with Gasteiger partial charge in [0.1, 0.15) is 0 Å². The fourth-order valence-electron chi connectivity index (χ4n) is 2.19. The molecule has 1 aromatic rings. The van der Waals surface area contributed by atoms with Crippen LogP contribution in [0.2, 0.25) is 5.02 Å². The van der Waals surface area contributed by atoms with Crippen LogP contribution >= 0.6 is 11.6 Å². The minimum absolute atomic E-state index is 0.0129. The van der Waals surface area contributed by atoms with E-state index >= 15 is 0 Å². The lowest BCUT2D eigenvalue weighted by Crippen LogP contribution is -2.32. The van der Waals surface area contributed by atoms with Crippen LogP contribution in [-0.2, 0) is 10.0 Å². The van der Waals surface area contributed by atoms with E-state index in [2.05, 4.69) is 4.72 Å². The number of halogens is 1.